The van der Waals surface area contributed by atoms with Gasteiger partial charge in [0.2, 0.25) is 0 Å². The lowest BCUT2D eigenvalue weighted by Gasteiger charge is -2.13. The monoisotopic (exact) mass is 551 g/mol. The summed E-state index contributed by atoms with van der Waals surface area (Å²) >= 11 is 0.753. The molecule has 3 heterocycles. The molecule has 0 radical (unpaired) electrons. The van der Waals surface area contributed by atoms with Crippen LogP contribution in [0.15, 0.2) is 44.4 Å². The second-order valence-corrected chi connectivity index (χ2v) is 12.3. The fraction of sp³-hybridized carbons (Fsp3) is 0.348. The fourth-order valence-corrected chi connectivity index (χ4v) is 6.97. The molecule has 196 valence electrons. The van der Waals surface area contributed by atoms with Gasteiger partial charge in [-0.1, -0.05) is 0 Å². The van der Waals surface area contributed by atoms with E-state index in [0.29, 0.717) is 18.4 Å². The Morgan fingerprint density at radius 2 is 1.76 bits per heavy atom. The van der Waals surface area contributed by atoms with Crippen LogP contribution in [0, 0.1) is 11.6 Å². The zero-order valence-corrected chi connectivity index (χ0v) is 21.8. The first kappa shape index (κ1) is 25.3. The summed E-state index contributed by atoms with van der Waals surface area (Å²) in [7, 11) is -1.16. The smallest absolute Gasteiger partial charge is 0.332 e. The number of halogens is 2. The van der Waals surface area contributed by atoms with E-state index in [-0.39, 0.29) is 33.1 Å². The first-order valence-electron chi connectivity index (χ1n) is 11.2. The van der Waals surface area contributed by atoms with Crippen molar-refractivity contribution in [3.05, 3.63) is 74.2 Å². The number of fused-ring (bicyclic) bond motifs is 1. The fourth-order valence-electron chi connectivity index (χ4n) is 4.07. The highest BCUT2D eigenvalue weighted by Crippen LogP contribution is 2.37. The summed E-state index contributed by atoms with van der Waals surface area (Å²) in [6, 6.07) is 3.29. The highest BCUT2D eigenvalue weighted by molar-refractivity contribution is 7.91. The summed E-state index contributed by atoms with van der Waals surface area (Å²) in [4.78, 5) is 27.0. The van der Waals surface area contributed by atoms with Crippen LogP contribution >= 0.6 is 11.3 Å². The van der Waals surface area contributed by atoms with E-state index >= 15 is 0 Å². The highest BCUT2D eigenvalue weighted by atomic mass is 32.2. The molecule has 0 atom stereocenters. The molecule has 0 amide bonds. The van der Waals surface area contributed by atoms with Gasteiger partial charge in [0.25, 0.3) is 15.6 Å². The molecule has 1 saturated carbocycles. The molecule has 37 heavy (non-hydrogen) atoms. The molecule has 1 fully saturated rings. The number of nitrogens with one attached hydrogen (secondary N) is 1. The van der Waals surface area contributed by atoms with E-state index in [0.717, 1.165) is 39.7 Å². The number of ether oxygens (including phenoxy) is 1. The van der Waals surface area contributed by atoms with Crippen molar-refractivity contribution in [2.75, 3.05) is 7.11 Å². The summed E-state index contributed by atoms with van der Waals surface area (Å²) in [5.74, 6) is -2.48. The molecule has 14 heteroatoms. The Hall–Kier alpha value is -3.36. The van der Waals surface area contributed by atoms with Crippen LogP contribution in [-0.2, 0) is 30.2 Å². The van der Waals surface area contributed by atoms with Crippen molar-refractivity contribution in [2.45, 2.75) is 42.6 Å². The van der Waals surface area contributed by atoms with Crippen LogP contribution in [0.5, 0.6) is 5.75 Å². The molecule has 0 spiro atoms. The Morgan fingerprint density at radius 1 is 1.11 bits per heavy atom. The summed E-state index contributed by atoms with van der Waals surface area (Å²) in [5.41, 5.74) is -1.32. The van der Waals surface area contributed by atoms with E-state index in [1.165, 1.54) is 16.9 Å². The van der Waals surface area contributed by atoms with Gasteiger partial charge < -0.3 is 4.74 Å². The van der Waals surface area contributed by atoms with Crippen LogP contribution in [-0.4, -0.2) is 40.0 Å². The minimum Gasteiger partial charge on any atom is -0.491 e. The predicted molar refractivity (Wildman–Crippen MR) is 133 cm³/mol. The number of rotatable bonds is 8. The van der Waals surface area contributed by atoms with Crippen LogP contribution in [0.2, 0.25) is 0 Å². The van der Waals surface area contributed by atoms with E-state index in [2.05, 4.69) is 9.82 Å². The molecule has 10 nitrogen and oxygen atoms in total. The molecular formula is C23H23F2N5O5S2. The topological polar surface area (TPSA) is 117 Å². The number of nitrogens with zero attached hydrogens (tertiary/aromatic N) is 4. The van der Waals surface area contributed by atoms with Gasteiger partial charge in [-0.3, -0.25) is 18.6 Å². The number of aromatic nitrogens is 4. The molecule has 1 aliphatic rings. The van der Waals surface area contributed by atoms with E-state index in [9.17, 15) is 26.8 Å². The molecule has 0 saturated heterocycles. The van der Waals surface area contributed by atoms with Crippen molar-refractivity contribution >= 4 is 31.6 Å². The van der Waals surface area contributed by atoms with Crippen molar-refractivity contribution in [1.29, 1.82) is 0 Å². The number of benzene rings is 1. The maximum absolute atomic E-state index is 14.4. The number of sulfonamides is 1. The first-order chi connectivity index (χ1) is 17.4. The maximum atomic E-state index is 14.4. The zero-order valence-electron chi connectivity index (χ0n) is 20.1. The second kappa shape index (κ2) is 8.89. The molecule has 0 aliphatic heterocycles. The third kappa shape index (κ3) is 4.71. The van der Waals surface area contributed by atoms with Crippen LogP contribution < -0.4 is 20.7 Å². The van der Waals surface area contributed by atoms with Crippen molar-refractivity contribution in [3.8, 4) is 5.75 Å². The lowest BCUT2D eigenvalue weighted by Crippen LogP contribution is -2.40. The molecule has 1 aliphatic carbocycles. The molecular weight excluding hydrogens is 528 g/mol. The van der Waals surface area contributed by atoms with Crippen molar-refractivity contribution in [1.82, 2.24) is 23.6 Å². The lowest BCUT2D eigenvalue weighted by molar-refractivity contribution is 0.359. The SMILES string of the molecule is COc1c(F)cc(Cn2c(=O)n(Cc3cnn(C)c3)c(=O)c3cc(S(=O)(=O)NC4(C)CC4)sc32)cc1F. The number of aryl methyl sites for hydroxylation is 1. The normalized spacial score (nSPS) is 14.8. The van der Waals surface area contributed by atoms with Gasteiger partial charge in [-0.25, -0.2) is 26.7 Å². The molecule has 4 aromatic rings. The van der Waals surface area contributed by atoms with Gasteiger partial charge in [0.05, 0.1) is 31.8 Å². The molecule has 1 N–H and O–H groups in total. The molecule has 0 unspecified atom stereocenters. The van der Waals surface area contributed by atoms with Gasteiger partial charge in [-0.05, 0) is 43.5 Å². The van der Waals surface area contributed by atoms with Crippen molar-refractivity contribution in [2.24, 2.45) is 7.05 Å². The summed E-state index contributed by atoms with van der Waals surface area (Å²) in [6.45, 7) is 1.34. The Kier molecular flexibility index (Phi) is 6.08. The summed E-state index contributed by atoms with van der Waals surface area (Å²) < 4.78 is 65.7. The number of methoxy groups -OCH3 is 1. The quantitative estimate of drug-likeness (QED) is 0.359. The summed E-state index contributed by atoms with van der Waals surface area (Å²) in [5, 5.41) is 4.05. The van der Waals surface area contributed by atoms with Crippen molar-refractivity contribution < 1.29 is 21.9 Å². The second-order valence-electron chi connectivity index (χ2n) is 9.33. The van der Waals surface area contributed by atoms with Crippen LogP contribution in [0.3, 0.4) is 0 Å². The average molecular weight is 552 g/mol. The van der Waals surface area contributed by atoms with Gasteiger partial charge in [-0.15, -0.1) is 11.3 Å². The molecule has 1 aromatic carbocycles. The maximum Gasteiger partial charge on any atom is 0.332 e. The van der Waals surface area contributed by atoms with Gasteiger partial charge in [0, 0.05) is 24.3 Å². The summed E-state index contributed by atoms with van der Waals surface area (Å²) in [6.07, 6.45) is 4.51. The molecule has 3 aromatic heterocycles. The third-order valence-corrected chi connectivity index (χ3v) is 9.49. The number of hydrogen-bond acceptors (Lipinski definition) is 7. The van der Waals surface area contributed by atoms with E-state index in [4.69, 9.17) is 4.74 Å². The van der Waals surface area contributed by atoms with Crippen LogP contribution in [0.25, 0.3) is 10.2 Å². The Morgan fingerprint density at radius 3 is 2.32 bits per heavy atom. The Balaban J connectivity index is 1.69. The van der Waals surface area contributed by atoms with Gasteiger partial charge in [0.15, 0.2) is 17.4 Å². The third-order valence-electron chi connectivity index (χ3n) is 6.22. The first-order valence-corrected chi connectivity index (χ1v) is 13.5. The standard InChI is InChI=1S/C23H23F2N5O5S2/c1-23(4-5-23)27-37(33,34)18-8-15-20(31)29(12-14-9-26-28(2)10-14)22(32)30(21(15)36-18)11-13-6-16(24)19(35-3)17(25)7-13/h6-10,27H,4-5,11-12H2,1-3H3. The van der Waals surface area contributed by atoms with Gasteiger partial charge in [0.1, 0.15) is 9.04 Å². The van der Waals surface area contributed by atoms with Gasteiger partial charge >= 0.3 is 5.69 Å². The minimum absolute atomic E-state index is 0.00395. The molecule has 5 rings (SSSR count). The van der Waals surface area contributed by atoms with Gasteiger partial charge in [-0.2, -0.15) is 5.10 Å². The minimum atomic E-state index is -3.97. The zero-order chi connectivity index (χ0) is 26.7. The van der Waals surface area contributed by atoms with E-state index in [1.807, 2.05) is 0 Å². The van der Waals surface area contributed by atoms with Crippen molar-refractivity contribution in [3.63, 3.8) is 0 Å². The highest BCUT2D eigenvalue weighted by Gasteiger charge is 2.41. The van der Waals surface area contributed by atoms with Crippen LogP contribution in [0.4, 0.5) is 8.78 Å². The number of hydrogen-bond donors (Lipinski definition) is 1. The number of thiophene rings is 1. The van der Waals surface area contributed by atoms with E-state index in [1.54, 1.807) is 20.2 Å². The Labute approximate surface area is 213 Å². The lowest BCUT2D eigenvalue weighted by atomic mass is 10.2. The van der Waals surface area contributed by atoms with Crippen LogP contribution in [0.1, 0.15) is 30.9 Å². The largest absolute Gasteiger partial charge is 0.491 e. The molecule has 0 bridgehead atoms. The van der Waals surface area contributed by atoms with E-state index < -0.39 is 44.2 Å². The predicted octanol–water partition coefficient (Wildman–Crippen LogP) is 2.17. The average Bonchev–Trinajstić information content (AvgIpc) is 3.19. The Bertz CT molecular complexity index is 1740.